The molecule has 1 aliphatic heterocycles. The third kappa shape index (κ3) is 6.65. The second-order valence-electron chi connectivity index (χ2n) is 11.3. The van der Waals surface area contributed by atoms with E-state index < -0.39 is 31.9 Å². The van der Waals surface area contributed by atoms with Crippen LogP contribution in [0, 0.1) is 5.82 Å². The molecule has 5 aromatic carbocycles. The summed E-state index contributed by atoms with van der Waals surface area (Å²) in [7, 11) is -4.15. The Morgan fingerprint density at radius 3 is 1.98 bits per heavy atom. The van der Waals surface area contributed by atoms with E-state index in [0.717, 1.165) is 11.1 Å². The largest absolute Gasteiger partial charge is 0.508 e. The van der Waals surface area contributed by atoms with Crippen molar-refractivity contribution in [3.05, 3.63) is 138 Å². The van der Waals surface area contributed by atoms with E-state index in [-0.39, 0.29) is 23.5 Å². The van der Waals surface area contributed by atoms with Crippen molar-refractivity contribution in [2.45, 2.75) is 31.0 Å². The molecule has 0 aliphatic carbocycles. The Hall–Kier alpha value is -4.63. The van der Waals surface area contributed by atoms with Crippen molar-refractivity contribution in [3.63, 3.8) is 0 Å². The van der Waals surface area contributed by atoms with E-state index in [1.807, 2.05) is 54.6 Å². The van der Waals surface area contributed by atoms with Crippen LogP contribution in [-0.2, 0) is 0 Å². The van der Waals surface area contributed by atoms with Crippen molar-refractivity contribution >= 4 is 25.0 Å². The molecule has 46 heavy (non-hydrogen) atoms. The van der Waals surface area contributed by atoms with Crippen molar-refractivity contribution < 1.29 is 34.1 Å². The van der Waals surface area contributed by atoms with Gasteiger partial charge in [0.25, 0.3) is 0 Å². The summed E-state index contributed by atoms with van der Waals surface area (Å²) in [6.45, 7) is 0. The van der Waals surface area contributed by atoms with Gasteiger partial charge < -0.3 is 15.5 Å². The molecule has 1 saturated heterocycles. The summed E-state index contributed by atoms with van der Waals surface area (Å²) in [4.78, 5) is 43.8. The topological polar surface area (TPSA) is 133 Å². The monoisotopic (exact) mass is 639 g/mol. The molecule has 0 radical (unpaired) electrons. The minimum absolute atomic E-state index is 0.00669. The average molecular weight is 640 g/mol. The highest BCUT2D eigenvalue weighted by Gasteiger charge is 2.42. The summed E-state index contributed by atoms with van der Waals surface area (Å²) in [6.07, 6.45) is -0.233. The second-order valence-corrected chi connectivity index (χ2v) is 13.0. The van der Waals surface area contributed by atoms with Crippen LogP contribution in [0.25, 0.3) is 22.3 Å². The van der Waals surface area contributed by atoms with Crippen LogP contribution in [0.1, 0.15) is 36.1 Å². The molecule has 3 atom stereocenters. The van der Waals surface area contributed by atoms with Crippen LogP contribution in [0.15, 0.2) is 121 Å². The van der Waals surface area contributed by atoms with Crippen molar-refractivity contribution in [2.75, 3.05) is 4.90 Å². The lowest BCUT2D eigenvalue weighted by Crippen LogP contribution is -2.29. The summed E-state index contributed by atoms with van der Waals surface area (Å²) < 4.78 is 13.4. The van der Waals surface area contributed by atoms with Crippen LogP contribution in [0.3, 0.4) is 0 Å². The standard InChI is InChI=1S/C36H32FN2O6P/c37-28-13-6-26(7-14-28)33(40)21-20-32-35(31-19-12-27(22-34(31)41)25-10-17-30(18-11-25)46(43,44)45)39(36(42)38-32)29-15-8-24(9-16-29)23-4-2-1-3-5-23/h1-19,22,32-33,35,40,43-45H,20-21H2,(H-,38,41,42)/p+1/t32-,33-,35+/m0/s1. The second kappa shape index (κ2) is 13.0. The third-order valence-electron chi connectivity index (χ3n) is 8.34. The number of anilines is 1. The maximum Gasteiger partial charge on any atom is 0.440 e. The first-order valence-corrected chi connectivity index (χ1v) is 16.4. The normalized spacial score (nSPS) is 17.2. The number of benzene rings is 5. The van der Waals surface area contributed by atoms with Gasteiger partial charge in [0.2, 0.25) is 0 Å². The lowest BCUT2D eigenvalue weighted by Gasteiger charge is -2.28. The van der Waals surface area contributed by atoms with Crippen LogP contribution in [0.4, 0.5) is 14.9 Å². The Bertz CT molecular complexity index is 1810. The fraction of sp³-hybridized carbons (Fsp3) is 0.139. The molecule has 0 bridgehead atoms. The molecule has 234 valence electrons. The lowest BCUT2D eigenvalue weighted by atomic mass is 9.91. The van der Waals surface area contributed by atoms with Crippen molar-refractivity contribution in [3.8, 4) is 28.0 Å². The zero-order valence-corrected chi connectivity index (χ0v) is 25.5. The molecule has 5 aromatic rings. The first-order chi connectivity index (χ1) is 22.1. The molecule has 6 rings (SSSR count). The molecule has 0 aromatic heterocycles. The Morgan fingerprint density at radius 1 is 0.761 bits per heavy atom. The van der Waals surface area contributed by atoms with Gasteiger partial charge in [-0.3, -0.25) is 4.90 Å². The number of urea groups is 1. The van der Waals surface area contributed by atoms with Gasteiger partial charge in [0.1, 0.15) is 11.6 Å². The van der Waals surface area contributed by atoms with Gasteiger partial charge in [-0.2, -0.15) is 14.7 Å². The first-order valence-electron chi connectivity index (χ1n) is 14.8. The number of phenolic OH excluding ortho intramolecular Hbond substituents is 1. The van der Waals surface area contributed by atoms with Gasteiger partial charge >= 0.3 is 14.0 Å². The molecule has 1 fully saturated rings. The van der Waals surface area contributed by atoms with E-state index in [2.05, 4.69) is 5.32 Å². The van der Waals surface area contributed by atoms with Crippen molar-refractivity contribution in [2.24, 2.45) is 0 Å². The van der Waals surface area contributed by atoms with Gasteiger partial charge in [-0.05, 0) is 83.1 Å². The summed E-state index contributed by atoms with van der Waals surface area (Å²) >= 11 is 0. The molecular weight excluding hydrogens is 606 g/mol. The Labute approximate surface area is 266 Å². The molecule has 6 N–H and O–H groups in total. The fourth-order valence-corrected chi connectivity index (χ4v) is 6.49. The highest BCUT2D eigenvalue weighted by molar-refractivity contribution is 7.66. The number of hydrogen-bond donors (Lipinski definition) is 6. The number of hydrogen-bond acceptors (Lipinski definition) is 6. The molecule has 0 saturated carbocycles. The number of carbonyl (C=O) groups is 1. The SMILES string of the molecule is O=C1N[C@@H](CC[C@H](O)c2ccc(F)cc2)[C@@H](c2ccc(-c3ccc([P+](O)(O)O)cc3)cc2O)N1c1ccc(-c2ccccc2)cc1. The smallest absolute Gasteiger partial charge is 0.440 e. The number of rotatable bonds is 9. The van der Waals surface area contributed by atoms with E-state index in [1.165, 1.54) is 36.4 Å². The fourth-order valence-electron chi connectivity index (χ4n) is 5.94. The molecule has 1 aliphatic rings. The number of aromatic hydroxyl groups is 1. The van der Waals surface area contributed by atoms with Crippen molar-refractivity contribution in [1.29, 1.82) is 0 Å². The predicted molar refractivity (Wildman–Crippen MR) is 177 cm³/mol. The molecule has 0 spiro atoms. The van der Waals surface area contributed by atoms with Crippen LogP contribution in [0.5, 0.6) is 5.75 Å². The number of nitrogens with zero attached hydrogens (tertiary/aromatic N) is 1. The van der Waals surface area contributed by atoms with E-state index in [1.54, 1.807) is 35.2 Å². The van der Waals surface area contributed by atoms with Gasteiger partial charge in [-0.15, -0.1) is 0 Å². The summed E-state index contributed by atoms with van der Waals surface area (Å²) in [6, 6.07) is 32.9. The molecule has 10 heteroatoms. The van der Waals surface area contributed by atoms with Crippen LogP contribution < -0.4 is 15.5 Å². The number of aliphatic hydroxyl groups is 1. The highest BCUT2D eigenvalue weighted by atomic mass is 31.2. The predicted octanol–water partition coefficient (Wildman–Crippen LogP) is 6.38. The maximum absolute atomic E-state index is 13.6. The number of carbonyl (C=O) groups excluding carboxylic acids is 1. The minimum atomic E-state index is -4.15. The van der Waals surface area contributed by atoms with Gasteiger partial charge in [0.05, 0.1) is 18.2 Å². The zero-order chi connectivity index (χ0) is 32.4. The third-order valence-corrected chi connectivity index (χ3v) is 9.33. The molecule has 0 unspecified atom stereocenters. The summed E-state index contributed by atoms with van der Waals surface area (Å²) in [5.41, 5.74) is 5.04. The number of aliphatic hydroxyl groups excluding tert-OH is 1. The molecule has 2 amide bonds. The highest BCUT2D eigenvalue weighted by Crippen LogP contribution is 2.44. The quantitative estimate of drug-likeness (QED) is 0.104. The summed E-state index contributed by atoms with van der Waals surface area (Å²) in [5, 5.41) is 25.3. The lowest BCUT2D eigenvalue weighted by molar-refractivity contribution is 0.159. The van der Waals surface area contributed by atoms with Crippen LogP contribution >= 0.6 is 7.94 Å². The average Bonchev–Trinajstić information content (AvgIpc) is 3.39. The number of amides is 2. The summed E-state index contributed by atoms with van der Waals surface area (Å²) in [5.74, 6) is -0.445. The van der Waals surface area contributed by atoms with Gasteiger partial charge in [-0.25, -0.2) is 9.18 Å². The van der Waals surface area contributed by atoms with Gasteiger partial charge in [0, 0.05) is 11.3 Å². The number of nitrogens with one attached hydrogen (secondary N) is 1. The van der Waals surface area contributed by atoms with Crippen LogP contribution in [-0.4, -0.2) is 37.0 Å². The van der Waals surface area contributed by atoms with Crippen LogP contribution in [0.2, 0.25) is 0 Å². The number of phenols is 1. The molecule has 1 heterocycles. The molecule has 8 nitrogen and oxygen atoms in total. The van der Waals surface area contributed by atoms with E-state index >= 15 is 0 Å². The Balaban J connectivity index is 1.32. The zero-order valence-electron chi connectivity index (χ0n) is 24.6. The Kier molecular flexibility index (Phi) is 8.86. The number of halogens is 1. The van der Waals surface area contributed by atoms with Gasteiger partial charge in [0.15, 0.2) is 5.30 Å². The van der Waals surface area contributed by atoms with Crippen molar-refractivity contribution in [1.82, 2.24) is 5.32 Å². The Morgan fingerprint density at radius 2 is 1.35 bits per heavy atom. The maximum atomic E-state index is 13.6. The van der Waals surface area contributed by atoms with E-state index in [9.17, 15) is 34.1 Å². The van der Waals surface area contributed by atoms with Gasteiger partial charge in [-0.1, -0.05) is 78.9 Å². The molecular formula is C36H33FN2O6P+. The van der Waals surface area contributed by atoms with E-state index in [4.69, 9.17) is 0 Å². The first kappa shape index (κ1) is 31.4. The van der Waals surface area contributed by atoms with E-state index in [0.29, 0.717) is 34.4 Å². The minimum Gasteiger partial charge on any atom is -0.508 e.